The van der Waals surface area contributed by atoms with E-state index in [1.165, 1.54) is 10.6 Å². The van der Waals surface area contributed by atoms with Crippen molar-refractivity contribution in [3.63, 3.8) is 0 Å². The summed E-state index contributed by atoms with van der Waals surface area (Å²) in [6, 6.07) is 14.8. The molecule has 7 nitrogen and oxygen atoms in total. The number of para-hydroxylation sites is 1. The van der Waals surface area contributed by atoms with E-state index < -0.39 is 0 Å². The van der Waals surface area contributed by atoms with Gasteiger partial charge in [0.15, 0.2) is 11.8 Å². The lowest BCUT2D eigenvalue weighted by Crippen LogP contribution is -2.40. The number of hydrogen-bond donors (Lipinski definition) is 2. The molecule has 1 atom stereocenters. The van der Waals surface area contributed by atoms with Crippen molar-refractivity contribution >= 4 is 47.0 Å². The number of rotatable bonds is 9. The Hall–Kier alpha value is -2.14. The zero-order valence-electron chi connectivity index (χ0n) is 18.6. The average molecular weight is 554 g/mol. The van der Waals surface area contributed by atoms with Crippen molar-refractivity contribution in [2.24, 2.45) is 12.0 Å². The van der Waals surface area contributed by atoms with Gasteiger partial charge in [-0.25, -0.2) is 4.99 Å². The van der Waals surface area contributed by atoms with E-state index in [0.29, 0.717) is 6.54 Å². The third-order valence-electron chi connectivity index (χ3n) is 5.04. The van der Waals surface area contributed by atoms with Crippen molar-refractivity contribution in [2.75, 3.05) is 25.0 Å². The normalized spacial score (nSPS) is 12.2. The number of anilines is 1. The van der Waals surface area contributed by atoms with Crippen LogP contribution in [0, 0.1) is 6.92 Å². The molecule has 0 aliphatic carbocycles. The van der Waals surface area contributed by atoms with Crippen LogP contribution in [0.15, 0.2) is 52.8 Å². The summed E-state index contributed by atoms with van der Waals surface area (Å²) in [5.74, 6) is 2.53. The van der Waals surface area contributed by atoms with Crippen LogP contribution in [0.5, 0.6) is 0 Å². The Morgan fingerprint density at radius 1 is 1.19 bits per heavy atom. The van der Waals surface area contributed by atoms with Crippen molar-refractivity contribution in [3.8, 4) is 0 Å². The molecule has 0 radical (unpaired) electrons. The SMILES string of the molecule is Cc1nnc(CN=C(NCCCN(C)c2ccccc2)NC(C)c2cccs2)n1C.I. The van der Waals surface area contributed by atoms with Crippen LogP contribution >= 0.6 is 35.3 Å². The fourth-order valence-corrected chi connectivity index (χ4v) is 3.77. The summed E-state index contributed by atoms with van der Waals surface area (Å²) in [5, 5.41) is 17.4. The van der Waals surface area contributed by atoms with Gasteiger partial charge in [0.1, 0.15) is 12.4 Å². The summed E-state index contributed by atoms with van der Waals surface area (Å²) in [4.78, 5) is 8.30. The summed E-state index contributed by atoms with van der Waals surface area (Å²) >= 11 is 1.74. The lowest BCUT2D eigenvalue weighted by Gasteiger charge is -2.21. The lowest BCUT2D eigenvalue weighted by molar-refractivity contribution is 0.671. The van der Waals surface area contributed by atoms with E-state index >= 15 is 0 Å². The Labute approximate surface area is 206 Å². The molecule has 0 amide bonds. The molecule has 0 aliphatic heterocycles. The number of guanidine groups is 1. The van der Waals surface area contributed by atoms with Crippen molar-refractivity contribution < 1.29 is 0 Å². The zero-order chi connectivity index (χ0) is 21.3. The molecule has 2 heterocycles. The fraction of sp³-hybridized carbons (Fsp3) is 0.409. The second-order valence-corrected chi connectivity index (χ2v) is 8.29. The van der Waals surface area contributed by atoms with Crippen LogP contribution in [0.3, 0.4) is 0 Å². The summed E-state index contributed by atoms with van der Waals surface area (Å²) in [7, 11) is 4.09. The van der Waals surface area contributed by atoms with Crippen molar-refractivity contribution in [2.45, 2.75) is 32.9 Å². The highest BCUT2D eigenvalue weighted by Crippen LogP contribution is 2.18. The molecule has 3 aromatic rings. The van der Waals surface area contributed by atoms with Crippen LogP contribution in [-0.2, 0) is 13.6 Å². The second kappa shape index (κ2) is 12.7. The number of thiophene rings is 1. The number of halogens is 1. The molecule has 2 aromatic heterocycles. The Morgan fingerprint density at radius 3 is 2.61 bits per heavy atom. The molecule has 0 spiro atoms. The Balaban J connectivity index is 0.00000341. The molecule has 31 heavy (non-hydrogen) atoms. The predicted molar refractivity (Wildman–Crippen MR) is 140 cm³/mol. The first-order chi connectivity index (χ1) is 14.5. The molecule has 1 unspecified atom stereocenters. The molecule has 0 saturated carbocycles. The zero-order valence-corrected chi connectivity index (χ0v) is 21.7. The molecule has 0 bridgehead atoms. The highest BCUT2D eigenvalue weighted by Gasteiger charge is 2.10. The minimum atomic E-state index is 0. The van der Waals surface area contributed by atoms with E-state index in [-0.39, 0.29) is 30.0 Å². The molecule has 168 valence electrons. The molecule has 2 N–H and O–H groups in total. The molecule has 3 rings (SSSR count). The van der Waals surface area contributed by atoms with Gasteiger partial charge in [0.2, 0.25) is 0 Å². The number of benzene rings is 1. The van der Waals surface area contributed by atoms with Gasteiger partial charge in [-0.05, 0) is 43.8 Å². The average Bonchev–Trinajstić information content (AvgIpc) is 3.41. The van der Waals surface area contributed by atoms with Gasteiger partial charge < -0.3 is 20.1 Å². The Morgan fingerprint density at radius 2 is 1.97 bits per heavy atom. The van der Waals surface area contributed by atoms with Gasteiger partial charge in [-0.2, -0.15) is 0 Å². The Bertz CT molecular complexity index is 925. The number of hydrogen-bond acceptors (Lipinski definition) is 5. The summed E-state index contributed by atoms with van der Waals surface area (Å²) in [6.07, 6.45) is 1.00. The molecular weight excluding hydrogens is 521 g/mol. The quantitative estimate of drug-likeness (QED) is 0.181. The molecule has 1 aromatic carbocycles. The van der Waals surface area contributed by atoms with Gasteiger partial charge in [0.25, 0.3) is 0 Å². The first-order valence-electron chi connectivity index (χ1n) is 10.2. The fourth-order valence-electron chi connectivity index (χ4n) is 3.04. The highest BCUT2D eigenvalue weighted by molar-refractivity contribution is 14.0. The largest absolute Gasteiger partial charge is 0.375 e. The standard InChI is InChI=1S/C22H31N7S.HI/c1-17(20-12-8-15-30-20)25-22(24-16-21-27-26-18(2)29(21)4)23-13-9-14-28(3)19-10-6-5-7-11-19;/h5-8,10-12,15,17H,9,13-14,16H2,1-4H3,(H2,23,24,25);1H. The van der Waals surface area contributed by atoms with E-state index in [0.717, 1.165) is 37.1 Å². The molecule has 9 heteroatoms. The van der Waals surface area contributed by atoms with Crippen LogP contribution in [0.25, 0.3) is 0 Å². The topological polar surface area (TPSA) is 70.4 Å². The molecule has 0 aliphatic rings. The second-order valence-electron chi connectivity index (χ2n) is 7.31. The minimum Gasteiger partial charge on any atom is -0.375 e. The number of aliphatic imine (C=N–C) groups is 1. The summed E-state index contributed by atoms with van der Waals surface area (Å²) in [6.45, 7) is 6.37. The maximum atomic E-state index is 4.75. The van der Waals surface area contributed by atoms with E-state index in [2.05, 4.69) is 81.5 Å². The van der Waals surface area contributed by atoms with Crippen molar-refractivity contribution in [1.82, 2.24) is 25.4 Å². The molecule has 0 fully saturated rings. The van der Waals surface area contributed by atoms with Gasteiger partial charge in [-0.1, -0.05) is 24.3 Å². The number of aryl methyl sites for hydroxylation is 1. The molecule has 0 saturated heterocycles. The van der Waals surface area contributed by atoms with Crippen LogP contribution in [0.2, 0.25) is 0 Å². The lowest BCUT2D eigenvalue weighted by atomic mass is 10.3. The van der Waals surface area contributed by atoms with Gasteiger partial charge >= 0.3 is 0 Å². The van der Waals surface area contributed by atoms with Crippen LogP contribution in [-0.4, -0.2) is 40.9 Å². The minimum absolute atomic E-state index is 0. The van der Waals surface area contributed by atoms with Crippen LogP contribution in [0.4, 0.5) is 5.69 Å². The number of aromatic nitrogens is 3. The van der Waals surface area contributed by atoms with Gasteiger partial charge in [0.05, 0.1) is 6.04 Å². The number of nitrogens with zero attached hydrogens (tertiary/aromatic N) is 5. The van der Waals surface area contributed by atoms with E-state index in [1.54, 1.807) is 11.3 Å². The highest BCUT2D eigenvalue weighted by atomic mass is 127. The van der Waals surface area contributed by atoms with E-state index in [4.69, 9.17) is 4.99 Å². The number of nitrogens with one attached hydrogen (secondary N) is 2. The summed E-state index contributed by atoms with van der Waals surface area (Å²) in [5.41, 5.74) is 1.23. The van der Waals surface area contributed by atoms with E-state index in [1.807, 2.05) is 24.6 Å². The van der Waals surface area contributed by atoms with Gasteiger partial charge in [-0.3, -0.25) is 0 Å². The monoisotopic (exact) mass is 553 g/mol. The van der Waals surface area contributed by atoms with Crippen LogP contribution < -0.4 is 15.5 Å². The smallest absolute Gasteiger partial charge is 0.192 e. The third-order valence-corrected chi connectivity index (χ3v) is 6.10. The van der Waals surface area contributed by atoms with Gasteiger partial charge in [0, 0.05) is 37.7 Å². The van der Waals surface area contributed by atoms with E-state index in [9.17, 15) is 0 Å². The maximum Gasteiger partial charge on any atom is 0.192 e. The van der Waals surface area contributed by atoms with Crippen LogP contribution in [0.1, 0.15) is 35.9 Å². The predicted octanol–water partition coefficient (Wildman–Crippen LogP) is 4.13. The van der Waals surface area contributed by atoms with Crippen molar-refractivity contribution in [3.05, 3.63) is 64.4 Å². The first-order valence-corrected chi connectivity index (χ1v) is 11.1. The molecular formula is C22H32IN7S. The maximum absolute atomic E-state index is 4.75. The summed E-state index contributed by atoms with van der Waals surface area (Å²) < 4.78 is 1.97. The first kappa shape index (κ1) is 25.1. The Kier molecular flexibility index (Phi) is 10.3. The third kappa shape index (κ3) is 7.49. The van der Waals surface area contributed by atoms with Gasteiger partial charge in [-0.15, -0.1) is 45.5 Å². The van der Waals surface area contributed by atoms with Crippen molar-refractivity contribution in [1.29, 1.82) is 0 Å².